The molecule has 1 heterocycles. The van der Waals surface area contributed by atoms with Gasteiger partial charge >= 0.3 is 0 Å². The van der Waals surface area contributed by atoms with Gasteiger partial charge in [0, 0.05) is 9.45 Å². The summed E-state index contributed by atoms with van der Waals surface area (Å²) < 4.78 is 3.00. The summed E-state index contributed by atoms with van der Waals surface area (Å²) in [5.74, 6) is 0.663. The average molecular weight is 348 g/mol. The molecule has 0 aliphatic carbocycles. The van der Waals surface area contributed by atoms with Gasteiger partial charge in [0.05, 0.1) is 17.6 Å². The summed E-state index contributed by atoms with van der Waals surface area (Å²) in [6, 6.07) is 8.16. The lowest BCUT2D eigenvalue weighted by molar-refractivity contribution is 0.792. The van der Waals surface area contributed by atoms with Crippen molar-refractivity contribution in [2.24, 2.45) is 0 Å². The first-order valence-corrected chi connectivity index (χ1v) is 6.64. The number of rotatable bonds is 4. The van der Waals surface area contributed by atoms with Gasteiger partial charge in [0.25, 0.3) is 0 Å². The predicted octanol–water partition coefficient (Wildman–Crippen LogP) is 3.04. The summed E-state index contributed by atoms with van der Waals surface area (Å²) in [5.41, 5.74) is 2.02. The van der Waals surface area contributed by atoms with E-state index in [0.29, 0.717) is 5.88 Å². The Bertz CT molecular complexity index is 453. The standard InChI is InChI=1S/C11H11ClIN3/c12-7-1-2-10-8-16(15-14-10)11-5-3-9(13)4-6-11/h3-6,8H,1-2,7H2. The van der Waals surface area contributed by atoms with Crippen LogP contribution in [0.4, 0.5) is 0 Å². The SMILES string of the molecule is ClCCCc1cn(-c2ccc(I)cc2)nn1. The van der Waals surface area contributed by atoms with Crippen LogP contribution in [0.25, 0.3) is 5.69 Å². The molecule has 16 heavy (non-hydrogen) atoms. The third kappa shape index (κ3) is 2.95. The molecule has 0 aliphatic rings. The van der Waals surface area contributed by atoms with Crippen molar-refractivity contribution in [1.29, 1.82) is 0 Å². The minimum absolute atomic E-state index is 0.663. The Hall–Kier alpha value is -0.620. The topological polar surface area (TPSA) is 30.7 Å². The minimum atomic E-state index is 0.663. The molecule has 0 bridgehead atoms. The second-order valence-corrected chi connectivity index (χ2v) is 5.05. The molecule has 0 saturated carbocycles. The summed E-state index contributed by atoms with van der Waals surface area (Å²) in [6.07, 6.45) is 3.77. The van der Waals surface area contributed by atoms with Gasteiger partial charge in [-0.25, -0.2) is 4.68 Å². The van der Waals surface area contributed by atoms with E-state index < -0.39 is 0 Å². The number of aromatic nitrogens is 3. The van der Waals surface area contributed by atoms with Crippen LogP contribution in [0.15, 0.2) is 30.5 Å². The van der Waals surface area contributed by atoms with Crippen LogP contribution in [0, 0.1) is 3.57 Å². The maximum absolute atomic E-state index is 5.64. The van der Waals surface area contributed by atoms with E-state index in [2.05, 4.69) is 45.0 Å². The van der Waals surface area contributed by atoms with E-state index in [1.807, 2.05) is 18.3 Å². The molecule has 0 spiro atoms. The van der Waals surface area contributed by atoms with Crippen LogP contribution in [-0.2, 0) is 6.42 Å². The van der Waals surface area contributed by atoms with Crippen LogP contribution in [-0.4, -0.2) is 20.9 Å². The van der Waals surface area contributed by atoms with Gasteiger partial charge in [-0.05, 0) is 59.7 Å². The highest BCUT2D eigenvalue weighted by molar-refractivity contribution is 14.1. The minimum Gasteiger partial charge on any atom is -0.220 e. The lowest BCUT2D eigenvalue weighted by atomic mass is 10.3. The Kier molecular flexibility index (Phi) is 4.17. The lowest BCUT2D eigenvalue weighted by Gasteiger charge is -1.98. The van der Waals surface area contributed by atoms with Crippen LogP contribution in [0.2, 0.25) is 0 Å². The first-order valence-electron chi connectivity index (χ1n) is 5.03. The first kappa shape index (κ1) is 11.9. The van der Waals surface area contributed by atoms with E-state index in [1.54, 1.807) is 4.68 Å². The van der Waals surface area contributed by atoms with Crippen molar-refractivity contribution in [3.05, 3.63) is 39.7 Å². The molecule has 0 N–H and O–H groups in total. The highest BCUT2D eigenvalue weighted by Crippen LogP contribution is 2.11. The molecule has 1 aromatic heterocycles. The Labute approximate surface area is 113 Å². The van der Waals surface area contributed by atoms with Crippen molar-refractivity contribution in [1.82, 2.24) is 15.0 Å². The third-order valence-electron chi connectivity index (χ3n) is 2.20. The average Bonchev–Trinajstić information content (AvgIpc) is 2.76. The van der Waals surface area contributed by atoms with Gasteiger partial charge in [0.15, 0.2) is 0 Å². The molecule has 84 valence electrons. The van der Waals surface area contributed by atoms with Crippen LogP contribution in [0.3, 0.4) is 0 Å². The van der Waals surface area contributed by atoms with Crippen LogP contribution >= 0.6 is 34.2 Å². The second kappa shape index (κ2) is 5.63. The monoisotopic (exact) mass is 347 g/mol. The van der Waals surface area contributed by atoms with Gasteiger partial charge < -0.3 is 0 Å². The van der Waals surface area contributed by atoms with E-state index in [4.69, 9.17) is 11.6 Å². The van der Waals surface area contributed by atoms with Crippen molar-refractivity contribution in [2.75, 3.05) is 5.88 Å². The summed E-state index contributed by atoms with van der Waals surface area (Å²) in [6.45, 7) is 0. The summed E-state index contributed by atoms with van der Waals surface area (Å²) in [5, 5.41) is 8.20. The Morgan fingerprint density at radius 2 is 2.00 bits per heavy atom. The Morgan fingerprint density at radius 3 is 2.69 bits per heavy atom. The molecular weight excluding hydrogens is 336 g/mol. The Morgan fingerprint density at radius 1 is 1.25 bits per heavy atom. The number of hydrogen-bond donors (Lipinski definition) is 0. The molecule has 0 saturated heterocycles. The van der Waals surface area contributed by atoms with Gasteiger partial charge in [-0.1, -0.05) is 5.21 Å². The predicted molar refractivity (Wildman–Crippen MR) is 73.1 cm³/mol. The van der Waals surface area contributed by atoms with Crippen molar-refractivity contribution >= 4 is 34.2 Å². The van der Waals surface area contributed by atoms with Crippen LogP contribution in [0.1, 0.15) is 12.1 Å². The smallest absolute Gasteiger partial charge is 0.0832 e. The van der Waals surface area contributed by atoms with Gasteiger partial charge in [-0.15, -0.1) is 16.7 Å². The molecule has 0 atom stereocenters. The Balaban J connectivity index is 2.15. The van der Waals surface area contributed by atoms with Gasteiger partial charge in [0.1, 0.15) is 0 Å². The van der Waals surface area contributed by atoms with E-state index in [-0.39, 0.29) is 0 Å². The van der Waals surface area contributed by atoms with Gasteiger partial charge in [0.2, 0.25) is 0 Å². The van der Waals surface area contributed by atoms with Crippen LogP contribution < -0.4 is 0 Å². The van der Waals surface area contributed by atoms with Crippen molar-refractivity contribution < 1.29 is 0 Å². The largest absolute Gasteiger partial charge is 0.220 e. The number of benzene rings is 1. The lowest BCUT2D eigenvalue weighted by Crippen LogP contribution is -1.94. The van der Waals surface area contributed by atoms with E-state index in [9.17, 15) is 0 Å². The molecule has 0 aliphatic heterocycles. The number of halogens is 2. The molecular formula is C11H11ClIN3. The van der Waals surface area contributed by atoms with Crippen LogP contribution in [0.5, 0.6) is 0 Å². The number of hydrogen-bond acceptors (Lipinski definition) is 2. The maximum atomic E-state index is 5.64. The zero-order chi connectivity index (χ0) is 11.4. The third-order valence-corrected chi connectivity index (χ3v) is 3.18. The van der Waals surface area contributed by atoms with Crippen molar-refractivity contribution in [3.8, 4) is 5.69 Å². The molecule has 0 radical (unpaired) electrons. The summed E-state index contributed by atoms with van der Waals surface area (Å²) >= 11 is 7.92. The fraction of sp³-hybridized carbons (Fsp3) is 0.273. The van der Waals surface area contributed by atoms with Gasteiger partial charge in [-0.3, -0.25) is 0 Å². The highest BCUT2D eigenvalue weighted by atomic mass is 127. The molecule has 2 aromatic rings. The first-order chi connectivity index (χ1) is 7.79. The molecule has 5 heteroatoms. The molecule has 3 nitrogen and oxygen atoms in total. The zero-order valence-corrected chi connectivity index (χ0v) is 11.5. The van der Waals surface area contributed by atoms with Crippen molar-refractivity contribution in [2.45, 2.75) is 12.8 Å². The zero-order valence-electron chi connectivity index (χ0n) is 8.61. The van der Waals surface area contributed by atoms with E-state index >= 15 is 0 Å². The normalized spacial score (nSPS) is 10.6. The molecule has 0 fully saturated rings. The maximum Gasteiger partial charge on any atom is 0.0832 e. The summed E-state index contributed by atoms with van der Waals surface area (Å²) in [7, 11) is 0. The van der Waals surface area contributed by atoms with Gasteiger partial charge in [-0.2, -0.15) is 0 Å². The second-order valence-electron chi connectivity index (χ2n) is 3.42. The number of aryl methyl sites for hydroxylation is 1. The number of alkyl halides is 1. The quantitative estimate of drug-likeness (QED) is 0.629. The van der Waals surface area contributed by atoms with E-state index in [1.165, 1.54) is 3.57 Å². The molecule has 0 unspecified atom stereocenters. The molecule has 2 rings (SSSR count). The van der Waals surface area contributed by atoms with E-state index in [0.717, 1.165) is 24.2 Å². The molecule has 0 amide bonds. The fourth-order valence-electron chi connectivity index (χ4n) is 1.38. The molecule has 1 aromatic carbocycles. The number of nitrogens with zero attached hydrogens (tertiary/aromatic N) is 3. The summed E-state index contributed by atoms with van der Waals surface area (Å²) in [4.78, 5) is 0. The fourth-order valence-corrected chi connectivity index (χ4v) is 1.87. The highest BCUT2D eigenvalue weighted by Gasteiger charge is 2.02. The van der Waals surface area contributed by atoms with Crippen molar-refractivity contribution in [3.63, 3.8) is 0 Å².